The lowest BCUT2D eigenvalue weighted by Gasteiger charge is -2.28. The number of hydrogen-bond donors (Lipinski definition) is 2. The Bertz CT molecular complexity index is 432. The van der Waals surface area contributed by atoms with Gasteiger partial charge in [-0.2, -0.15) is 0 Å². The van der Waals surface area contributed by atoms with E-state index >= 15 is 0 Å². The predicted molar refractivity (Wildman–Crippen MR) is 64.6 cm³/mol. The number of rotatable bonds is 4. The van der Waals surface area contributed by atoms with E-state index in [1.54, 1.807) is 19.2 Å². The minimum absolute atomic E-state index is 0.189. The van der Waals surface area contributed by atoms with Crippen LogP contribution in [-0.4, -0.2) is 24.7 Å². The van der Waals surface area contributed by atoms with Gasteiger partial charge in [0.2, 0.25) is 0 Å². The number of carbonyl (C=O) groups is 1. The molecule has 4 nitrogen and oxygen atoms in total. The molecular weight excluding hydrogens is 218 g/mol. The zero-order valence-corrected chi connectivity index (χ0v) is 10.1. The van der Waals surface area contributed by atoms with Gasteiger partial charge in [-0.1, -0.05) is 25.1 Å². The standard InChI is InChI=1S/C13H17NO3/c1-9(7-8-17-2)13(16)10-5-3-4-6-11(10)14-12(13)15/h3-6,9,16H,7-8H2,1-2H3,(H,14,15). The minimum atomic E-state index is -1.44. The van der Waals surface area contributed by atoms with Crippen molar-refractivity contribution in [1.29, 1.82) is 0 Å². The molecule has 2 N–H and O–H groups in total. The number of methoxy groups -OCH3 is 1. The van der Waals surface area contributed by atoms with Gasteiger partial charge in [0.25, 0.3) is 5.91 Å². The summed E-state index contributed by atoms with van der Waals surface area (Å²) in [5, 5.41) is 13.4. The van der Waals surface area contributed by atoms with Gasteiger partial charge in [0.15, 0.2) is 5.60 Å². The van der Waals surface area contributed by atoms with Crippen LogP contribution in [0.25, 0.3) is 0 Å². The van der Waals surface area contributed by atoms with Crippen molar-refractivity contribution in [2.24, 2.45) is 5.92 Å². The molecule has 2 unspecified atom stereocenters. The first-order chi connectivity index (χ1) is 8.10. The highest BCUT2D eigenvalue weighted by Gasteiger charge is 2.48. The maximum atomic E-state index is 12.0. The highest BCUT2D eigenvalue weighted by atomic mass is 16.5. The summed E-state index contributed by atoms with van der Waals surface area (Å²) in [6.07, 6.45) is 0.634. The molecule has 0 saturated carbocycles. The second-order valence-electron chi connectivity index (χ2n) is 4.45. The molecule has 92 valence electrons. The van der Waals surface area contributed by atoms with Crippen LogP contribution in [0.1, 0.15) is 18.9 Å². The SMILES string of the molecule is COCCC(C)C1(O)C(=O)Nc2ccccc21. The Kier molecular flexibility index (Phi) is 3.17. The van der Waals surface area contributed by atoms with Gasteiger partial charge in [-0.05, 0) is 12.5 Å². The van der Waals surface area contributed by atoms with Gasteiger partial charge in [-0.3, -0.25) is 4.79 Å². The largest absolute Gasteiger partial charge is 0.385 e. The van der Waals surface area contributed by atoms with Crippen molar-refractivity contribution in [3.05, 3.63) is 29.8 Å². The first-order valence-electron chi connectivity index (χ1n) is 5.73. The Morgan fingerprint density at radius 3 is 2.88 bits per heavy atom. The van der Waals surface area contributed by atoms with Crippen molar-refractivity contribution in [2.45, 2.75) is 18.9 Å². The van der Waals surface area contributed by atoms with Crippen molar-refractivity contribution in [1.82, 2.24) is 0 Å². The van der Waals surface area contributed by atoms with E-state index in [9.17, 15) is 9.90 Å². The van der Waals surface area contributed by atoms with Crippen molar-refractivity contribution < 1.29 is 14.6 Å². The average molecular weight is 235 g/mol. The minimum Gasteiger partial charge on any atom is -0.385 e. The lowest BCUT2D eigenvalue weighted by Crippen LogP contribution is -2.40. The fourth-order valence-corrected chi connectivity index (χ4v) is 2.26. The number of benzene rings is 1. The molecule has 0 aliphatic carbocycles. The van der Waals surface area contributed by atoms with Crippen LogP contribution in [-0.2, 0) is 15.1 Å². The van der Waals surface area contributed by atoms with Crippen molar-refractivity contribution in [3.8, 4) is 0 Å². The third-order valence-corrected chi connectivity index (χ3v) is 3.40. The molecule has 1 aliphatic rings. The van der Waals surface area contributed by atoms with Crippen LogP contribution in [0, 0.1) is 5.92 Å². The van der Waals surface area contributed by atoms with Gasteiger partial charge in [0, 0.05) is 30.9 Å². The quantitative estimate of drug-likeness (QED) is 0.831. The number of fused-ring (bicyclic) bond motifs is 1. The van der Waals surface area contributed by atoms with Crippen LogP contribution in [0.2, 0.25) is 0 Å². The molecule has 17 heavy (non-hydrogen) atoms. The Balaban J connectivity index is 2.33. The zero-order valence-electron chi connectivity index (χ0n) is 10.1. The Labute approximate surface area is 101 Å². The molecule has 1 aromatic rings. The van der Waals surface area contributed by atoms with Gasteiger partial charge in [0.1, 0.15) is 0 Å². The molecule has 1 heterocycles. The molecule has 1 amide bonds. The summed E-state index contributed by atoms with van der Waals surface area (Å²) in [7, 11) is 1.61. The highest BCUT2D eigenvalue weighted by Crippen LogP contribution is 2.41. The van der Waals surface area contributed by atoms with Crippen LogP contribution in [0.3, 0.4) is 0 Å². The van der Waals surface area contributed by atoms with Gasteiger partial charge >= 0.3 is 0 Å². The molecule has 2 atom stereocenters. The molecular formula is C13H17NO3. The zero-order chi connectivity index (χ0) is 12.5. The van der Waals surface area contributed by atoms with E-state index < -0.39 is 5.60 Å². The van der Waals surface area contributed by atoms with Crippen molar-refractivity contribution in [2.75, 3.05) is 19.0 Å². The summed E-state index contributed by atoms with van der Waals surface area (Å²) in [6, 6.07) is 7.25. The molecule has 4 heteroatoms. The van der Waals surface area contributed by atoms with Crippen molar-refractivity contribution in [3.63, 3.8) is 0 Å². The summed E-state index contributed by atoms with van der Waals surface area (Å²) in [5.74, 6) is -0.534. The molecule has 2 rings (SSSR count). The maximum Gasteiger partial charge on any atom is 0.261 e. The van der Waals surface area contributed by atoms with Gasteiger partial charge < -0.3 is 15.2 Å². The third-order valence-electron chi connectivity index (χ3n) is 3.40. The molecule has 0 bridgehead atoms. The summed E-state index contributed by atoms with van der Waals surface area (Å²) < 4.78 is 5.00. The van der Waals surface area contributed by atoms with Gasteiger partial charge in [-0.25, -0.2) is 0 Å². The third kappa shape index (κ3) is 1.83. The van der Waals surface area contributed by atoms with E-state index in [0.717, 1.165) is 0 Å². The van der Waals surface area contributed by atoms with E-state index in [1.807, 2.05) is 19.1 Å². The number of anilines is 1. The van der Waals surface area contributed by atoms with E-state index in [1.165, 1.54) is 0 Å². The Morgan fingerprint density at radius 2 is 2.18 bits per heavy atom. The first kappa shape index (κ1) is 12.1. The van der Waals surface area contributed by atoms with E-state index in [-0.39, 0.29) is 11.8 Å². The molecule has 0 fully saturated rings. The maximum absolute atomic E-state index is 12.0. The van der Waals surface area contributed by atoms with Crippen LogP contribution < -0.4 is 5.32 Å². The van der Waals surface area contributed by atoms with Crippen molar-refractivity contribution >= 4 is 11.6 Å². The Morgan fingerprint density at radius 1 is 1.47 bits per heavy atom. The number of nitrogens with one attached hydrogen (secondary N) is 1. The highest BCUT2D eigenvalue weighted by molar-refractivity contribution is 6.05. The summed E-state index contributed by atoms with van der Waals surface area (Å²) in [4.78, 5) is 12.0. The van der Waals surface area contributed by atoms with E-state index in [4.69, 9.17) is 4.74 Å². The molecule has 1 aromatic carbocycles. The predicted octanol–water partition coefficient (Wildman–Crippen LogP) is 1.50. The summed E-state index contributed by atoms with van der Waals surface area (Å²) in [5.41, 5.74) is -0.0763. The Hall–Kier alpha value is -1.39. The molecule has 0 aromatic heterocycles. The van der Waals surface area contributed by atoms with Crippen LogP contribution in [0.15, 0.2) is 24.3 Å². The number of hydrogen-bond acceptors (Lipinski definition) is 3. The number of ether oxygens (including phenoxy) is 1. The number of amides is 1. The summed E-state index contributed by atoms with van der Waals surface area (Å²) in [6.45, 7) is 2.39. The van der Waals surface area contributed by atoms with Gasteiger partial charge in [-0.15, -0.1) is 0 Å². The van der Waals surface area contributed by atoms with Crippen LogP contribution in [0.5, 0.6) is 0 Å². The monoisotopic (exact) mass is 235 g/mol. The molecule has 0 radical (unpaired) electrons. The number of para-hydroxylation sites is 1. The van der Waals surface area contributed by atoms with E-state index in [0.29, 0.717) is 24.3 Å². The van der Waals surface area contributed by atoms with E-state index in [2.05, 4.69) is 5.32 Å². The number of aliphatic hydroxyl groups is 1. The fraction of sp³-hybridized carbons (Fsp3) is 0.462. The topological polar surface area (TPSA) is 58.6 Å². The average Bonchev–Trinajstić information content (AvgIpc) is 2.60. The number of carbonyl (C=O) groups excluding carboxylic acids is 1. The van der Waals surface area contributed by atoms with Gasteiger partial charge in [0.05, 0.1) is 0 Å². The molecule has 0 spiro atoms. The molecule has 1 aliphatic heterocycles. The van der Waals surface area contributed by atoms with Crippen LogP contribution >= 0.6 is 0 Å². The fourth-order valence-electron chi connectivity index (χ4n) is 2.26. The normalized spacial score (nSPS) is 24.3. The lowest BCUT2D eigenvalue weighted by atomic mass is 9.81. The lowest BCUT2D eigenvalue weighted by molar-refractivity contribution is -0.139. The first-order valence-corrected chi connectivity index (χ1v) is 5.73. The molecule has 0 saturated heterocycles. The second-order valence-corrected chi connectivity index (χ2v) is 4.45. The van der Waals surface area contributed by atoms with Crippen LogP contribution in [0.4, 0.5) is 5.69 Å². The smallest absolute Gasteiger partial charge is 0.261 e. The summed E-state index contributed by atoms with van der Waals surface area (Å²) >= 11 is 0. The second kappa shape index (κ2) is 4.47.